The maximum Gasteiger partial charge on any atom is 0.349 e. The van der Waals surface area contributed by atoms with Gasteiger partial charge < -0.3 is 14.6 Å². The normalized spacial score (nSPS) is 11.4. The summed E-state index contributed by atoms with van der Waals surface area (Å²) in [5.41, 5.74) is 2.53. The van der Waals surface area contributed by atoms with Gasteiger partial charge in [-0.05, 0) is 49.8 Å². The van der Waals surface area contributed by atoms with Crippen LogP contribution < -0.4 is 10.6 Å². The molecule has 1 aromatic rings. The third-order valence-electron chi connectivity index (χ3n) is 4.44. The highest BCUT2D eigenvalue weighted by Gasteiger charge is 2.16. The number of amides is 3. The van der Waals surface area contributed by atoms with E-state index in [1.54, 1.807) is 0 Å². The molecule has 0 atom stereocenters. The van der Waals surface area contributed by atoms with Gasteiger partial charge >= 0.3 is 12.0 Å². The first kappa shape index (κ1) is 25.0. The number of carbonyl (C=O) groups is 3. The van der Waals surface area contributed by atoms with Crippen LogP contribution in [0, 0.1) is 37.0 Å². The van der Waals surface area contributed by atoms with Crippen molar-refractivity contribution in [2.75, 3.05) is 13.2 Å². The average molecular weight is 417 g/mol. The molecule has 0 bridgehead atoms. The largest absolute Gasteiger partial charge is 0.451 e. The fourth-order valence-electron chi connectivity index (χ4n) is 2.71. The van der Waals surface area contributed by atoms with Crippen molar-refractivity contribution in [1.29, 1.82) is 5.26 Å². The minimum Gasteiger partial charge on any atom is -0.451 e. The van der Waals surface area contributed by atoms with Crippen molar-refractivity contribution in [2.45, 2.75) is 54.5 Å². The number of aromatic nitrogens is 1. The van der Waals surface area contributed by atoms with E-state index in [1.807, 2.05) is 39.8 Å². The molecule has 0 fully saturated rings. The monoisotopic (exact) mass is 416 g/mol. The summed E-state index contributed by atoms with van der Waals surface area (Å²) in [6.45, 7) is 12.7. The zero-order valence-electron chi connectivity index (χ0n) is 18.7. The van der Waals surface area contributed by atoms with Crippen molar-refractivity contribution in [3.05, 3.63) is 28.6 Å². The van der Waals surface area contributed by atoms with Crippen LogP contribution in [0.25, 0.3) is 6.08 Å². The minimum absolute atomic E-state index is 0.212. The van der Waals surface area contributed by atoms with E-state index in [9.17, 15) is 19.6 Å². The molecule has 0 unspecified atom stereocenters. The maximum absolute atomic E-state index is 12.2. The molecule has 1 heterocycles. The molecule has 164 valence electrons. The van der Waals surface area contributed by atoms with Gasteiger partial charge in [-0.2, -0.15) is 5.26 Å². The predicted octanol–water partition coefficient (Wildman–Crippen LogP) is 3.08. The summed E-state index contributed by atoms with van der Waals surface area (Å²) < 4.78 is 7.03. The van der Waals surface area contributed by atoms with Gasteiger partial charge in [0.2, 0.25) is 0 Å². The Hall–Kier alpha value is -3.08. The third-order valence-corrected chi connectivity index (χ3v) is 4.44. The van der Waals surface area contributed by atoms with Crippen LogP contribution in [0.5, 0.6) is 0 Å². The molecule has 0 saturated carbocycles. The molecule has 0 aliphatic rings. The van der Waals surface area contributed by atoms with Gasteiger partial charge in [-0.25, -0.2) is 9.59 Å². The first-order chi connectivity index (χ1) is 14.0. The van der Waals surface area contributed by atoms with Crippen molar-refractivity contribution in [3.63, 3.8) is 0 Å². The van der Waals surface area contributed by atoms with Crippen LogP contribution in [0.1, 0.15) is 51.1 Å². The van der Waals surface area contributed by atoms with Crippen LogP contribution in [-0.4, -0.2) is 35.6 Å². The van der Waals surface area contributed by atoms with E-state index in [0.29, 0.717) is 12.5 Å². The summed E-state index contributed by atoms with van der Waals surface area (Å²) in [5, 5.41) is 13.9. The molecule has 8 heteroatoms. The quantitative estimate of drug-likeness (QED) is 0.365. The number of hydrogen-bond acceptors (Lipinski definition) is 5. The molecule has 0 aliphatic carbocycles. The molecule has 0 saturated heterocycles. The number of hydrogen-bond donors (Lipinski definition) is 2. The van der Waals surface area contributed by atoms with Crippen molar-refractivity contribution in [3.8, 4) is 6.07 Å². The lowest BCUT2D eigenvalue weighted by molar-refractivity contribution is -0.144. The lowest BCUT2D eigenvalue weighted by Crippen LogP contribution is -2.42. The first-order valence-electron chi connectivity index (χ1n) is 10.1. The Morgan fingerprint density at radius 3 is 2.43 bits per heavy atom. The molecule has 0 radical (unpaired) electrons. The van der Waals surface area contributed by atoms with E-state index >= 15 is 0 Å². The highest BCUT2D eigenvalue weighted by atomic mass is 16.5. The molecule has 0 aromatic carbocycles. The topological polar surface area (TPSA) is 113 Å². The molecule has 0 aliphatic heterocycles. The maximum atomic E-state index is 12.2. The van der Waals surface area contributed by atoms with Crippen molar-refractivity contribution < 1.29 is 19.1 Å². The lowest BCUT2D eigenvalue weighted by atomic mass is 10.1. The van der Waals surface area contributed by atoms with Crippen LogP contribution in [0.2, 0.25) is 0 Å². The smallest absolute Gasteiger partial charge is 0.349 e. The van der Waals surface area contributed by atoms with Gasteiger partial charge in [0, 0.05) is 24.5 Å². The molecular formula is C22H32N4O4. The zero-order chi connectivity index (χ0) is 22.8. The summed E-state index contributed by atoms with van der Waals surface area (Å²) in [7, 11) is 0. The summed E-state index contributed by atoms with van der Waals surface area (Å²) >= 11 is 0. The number of esters is 1. The average Bonchev–Trinajstić information content (AvgIpc) is 2.93. The van der Waals surface area contributed by atoms with Crippen LogP contribution in [0.15, 0.2) is 11.6 Å². The fraction of sp³-hybridized carbons (Fsp3) is 0.545. The van der Waals surface area contributed by atoms with E-state index < -0.39 is 24.5 Å². The van der Waals surface area contributed by atoms with Gasteiger partial charge in [-0.1, -0.05) is 27.7 Å². The molecule has 3 amide bonds. The van der Waals surface area contributed by atoms with Gasteiger partial charge in [0.1, 0.15) is 11.6 Å². The van der Waals surface area contributed by atoms with Crippen molar-refractivity contribution in [1.82, 2.24) is 15.2 Å². The molecule has 8 nitrogen and oxygen atoms in total. The Kier molecular flexibility index (Phi) is 9.82. The Bertz CT molecular complexity index is 844. The molecule has 0 spiro atoms. The fourth-order valence-corrected chi connectivity index (χ4v) is 2.71. The standard InChI is InChI=1S/C22H32N4O4/c1-14(2)7-8-26-16(5)9-18(17(26)6)10-19(11-23)21(28)30-13-20(27)25-22(29)24-12-15(3)4/h9-10,14-15H,7-8,12-13H2,1-6H3,(H2,24,25,27,29)/b19-10+. The SMILES string of the molecule is Cc1cc(/C=C(\C#N)C(=O)OCC(=O)NC(=O)NCC(C)C)c(C)n1CCC(C)C. The number of carbonyl (C=O) groups excluding carboxylic acids is 3. The number of urea groups is 1. The summed E-state index contributed by atoms with van der Waals surface area (Å²) in [4.78, 5) is 35.5. The number of nitrogens with one attached hydrogen (secondary N) is 2. The van der Waals surface area contributed by atoms with Gasteiger partial charge in [-0.15, -0.1) is 0 Å². The van der Waals surface area contributed by atoms with Gasteiger partial charge in [0.15, 0.2) is 6.61 Å². The molecular weight excluding hydrogens is 384 g/mol. The minimum atomic E-state index is -0.915. The third kappa shape index (κ3) is 8.11. The van der Waals surface area contributed by atoms with E-state index in [-0.39, 0.29) is 11.5 Å². The number of imide groups is 1. The summed E-state index contributed by atoms with van der Waals surface area (Å²) in [6, 6.07) is 3.07. The Labute approximate surface area is 178 Å². The number of rotatable bonds is 9. The van der Waals surface area contributed by atoms with Crippen LogP contribution in [-0.2, 0) is 20.9 Å². The molecule has 2 N–H and O–H groups in total. The van der Waals surface area contributed by atoms with E-state index in [0.717, 1.165) is 29.9 Å². The van der Waals surface area contributed by atoms with Crippen LogP contribution in [0.4, 0.5) is 4.79 Å². The van der Waals surface area contributed by atoms with E-state index in [2.05, 4.69) is 29.0 Å². The Balaban J connectivity index is 2.74. The van der Waals surface area contributed by atoms with Crippen molar-refractivity contribution >= 4 is 24.0 Å². The zero-order valence-corrected chi connectivity index (χ0v) is 18.7. The predicted molar refractivity (Wildman–Crippen MR) is 114 cm³/mol. The second-order valence-electron chi connectivity index (χ2n) is 8.06. The van der Waals surface area contributed by atoms with Crippen LogP contribution in [0.3, 0.4) is 0 Å². The lowest BCUT2D eigenvalue weighted by Gasteiger charge is -2.11. The van der Waals surface area contributed by atoms with E-state index in [4.69, 9.17) is 4.74 Å². The van der Waals surface area contributed by atoms with Gasteiger partial charge in [0.05, 0.1) is 0 Å². The molecule has 1 aromatic heterocycles. The van der Waals surface area contributed by atoms with Gasteiger partial charge in [0.25, 0.3) is 5.91 Å². The summed E-state index contributed by atoms with van der Waals surface area (Å²) in [6.07, 6.45) is 2.48. The Morgan fingerprint density at radius 1 is 1.20 bits per heavy atom. The Morgan fingerprint density at radius 2 is 1.87 bits per heavy atom. The van der Waals surface area contributed by atoms with Crippen molar-refractivity contribution in [2.24, 2.45) is 11.8 Å². The highest BCUT2D eigenvalue weighted by molar-refractivity contribution is 6.00. The second kappa shape index (κ2) is 11.8. The number of aryl methyl sites for hydroxylation is 1. The highest BCUT2D eigenvalue weighted by Crippen LogP contribution is 2.20. The number of nitrogens with zero attached hydrogens (tertiary/aromatic N) is 2. The number of ether oxygens (including phenoxy) is 1. The van der Waals surface area contributed by atoms with Crippen LogP contribution >= 0.6 is 0 Å². The summed E-state index contributed by atoms with van der Waals surface area (Å²) in [5.74, 6) is -0.885. The number of nitriles is 1. The molecule has 1 rings (SSSR count). The van der Waals surface area contributed by atoms with Gasteiger partial charge in [-0.3, -0.25) is 10.1 Å². The molecule has 30 heavy (non-hydrogen) atoms. The second-order valence-corrected chi connectivity index (χ2v) is 8.06. The van der Waals surface area contributed by atoms with E-state index in [1.165, 1.54) is 6.08 Å². The first-order valence-corrected chi connectivity index (χ1v) is 10.1.